The van der Waals surface area contributed by atoms with Gasteiger partial charge in [-0.2, -0.15) is 4.98 Å². The van der Waals surface area contributed by atoms with Crippen LogP contribution in [0.1, 0.15) is 26.5 Å². The number of aliphatic hydroxyl groups excluding tert-OH is 2. The summed E-state index contributed by atoms with van der Waals surface area (Å²) in [5.74, 6) is -0.131. The molecule has 12 nitrogen and oxygen atoms in total. The Morgan fingerprint density at radius 3 is 2.79 bits per heavy atom. The maximum atomic E-state index is 12.2. The number of nitrogens with one attached hydrogen (secondary N) is 1. The number of anilines is 1. The van der Waals surface area contributed by atoms with E-state index in [1.165, 1.54) is 23.8 Å². The number of nitrogen functional groups attached to an aromatic ring is 1. The van der Waals surface area contributed by atoms with Crippen LogP contribution in [0.25, 0.3) is 11.0 Å². The summed E-state index contributed by atoms with van der Waals surface area (Å²) in [7, 11) is -4.42. The van der Waals surface area contributed by atoms with E-state index in [1.807, 2.05) is 0 Å². The summed E-state index contributed by atoms with van der Waals surface area (Å²) < 4.78 is 24.1. The molecule has 0 spiro atoms. The van der Waals surface area contributed by atoms with E-state index in [-0.39, 0.29) is 23.4 Å². The Morgan fingerprint density at radius 1 is 1.46 bits per heavy atom. The van der Waals surface area contributed by atoms with Crippen molar-refractivity contribution in [1.29, 1.82) is 0 Å². The molecule has 156 valence electrons. The predicted molar refractivity (Wildman–Crippen MR) is 97.4 cm³/mol. The van der Waals surface area contributed by atoms with Crippen LogP contribution in [-0.2, 0) is 13.8 Å². The van der Waals surface area contributed by atoms with Crippen LogP contribution < -0.4 is 11.3 Å². The molecule has 0 aliphatic carbocycles. The number of rotatable bonds is 6. The lowest BCUT2D eigenvalue weighted by Gasteiger charge is -2.28. The van der Waals surface area contributed by atoms with Crippen molar-refractivity contribution in [3.8, 4) is 0 Å². The minimum atomic E-state index is -4.42. The van der Waals surface area contributed by atoms with Crippen molar-refractivity contribution in [3.05, 3.63) is 22.6 Å². The van der Waals surface area contributed by atoms with E-state index >= 15 is 0 Å². The van der Waals surface area contributed by atoms with Crippen LogP contribution in [0.15, 0.2) is 17.1 Å². The molecule has 0 aromatic carbocycles. The van der Waals surface area contributed by atoms with Crippen molar-refractivity contribution in [3.63, 3.8) is 0 Å². The van der Waals surface area contributed by atoms with Gasteiger partial charge in [-0.3, -0.25) is 14.3 Å². The second-order valence-corrected chi connectivity index (χ2v) is 9.11. The summed E-state index contributed by atoms with van der Waals surface area (Å²) in [5, 5.41) is 28.8. The van der Waals surface area contributed by atoms with Gasteiger partial charge in [0.1, 0.15) is 18.3 Å². The monoisotopic (exact) mass is 418 g/mol. The molecule has 0 amide bonds. The molecule has 1 aliphatic heterocycles. The highest BCUT2D eigenvalue weighted by molar-refractivity contribution is 7.54. The van der Waals surface area contributed by atoms with Gasteiger partial charge < -0.3 is 39.8 Å². The number of nitrogens with zero attached hydrogens (tertiary/aromatic N) is 2. The highest BCUT2D eigenvalue weighted by Gasteiger charge is 2.47. The maximum absolute atomic E-state index is 12.2. The fourth-order valence-electron chi connectivity index (χ4n) is 2.88. The Labute approximate surface area is 159 Å². The molecule has 2 unspecified atom stereocenters. The van der Waals surface area contributed by atoms with Crippen molar-refractivity contribution < 1.29 is 34.0 Å². The molecule has 1 fully saturated rings. The van der Waals surface area contributed by atoms with Crippen LogP contribution in [-0.4, -0.2) is 65.0 Å². The third-order valence-electron chi connectivity index (χ3n) is 4.90. The Kier molecular flexibility index (Phi) is 5.40. The van der Waals surface area contributed by atoms with E-state index in [1.54, 1.807) is 0 Å². The van der Waals surface area contributed by atoms with Gasteiger partial charge in [-0.25, -0.2) is 0 Å². The summed E-state index contributed by atoms with van der Waals surface area (Å²) in [6.45, 7) is 2.13. The van der Waals surface area contributed by atoms with Crippen molar-refractivity contribution in [2.24, 2.45) is 0 Å². The second kappa shape index (κ2) is 7.23. The Hall–Kier alpha value is -1.79. The van der Waals surface area contributed by atoms with Gasteiger partial charge in [0.25, 0.3) is 5.56 Å². The molecule has 0 radical (unpaired) electrons. The first-order valence-corrected chi connectivity index (χ1v) is 10.1. The SMILES string of the molecule is CCC(C)(O)P(=O)(O)OC[C@H]1O[C@@H](n2ccc3c(=O)[nH]c(N)nc32)[C@H](O)[C@@H]1O. The van der Waals surface area contributed by atoms with Gasteiger partial charge in [0.15, 0.2) is 17.2 Å². The number of hydrogen-bond donors (Lipinski definition) is 6. The molecule has 7 N–H and O–H groups in total. The molecule has 6 atom stereocenters. The Morgan fingerprint density at radius 2 is 2.14 bits per heavy atom. The number of aliphatic hydroxyl groups is 3. The van der Waals surface area contributed by atoms with Crippen LogP contribution >= 0.6 is 7.60 Å². The minimum Gasteiger partial charge on any atom is -0.387 e. The van der Waals surface area contributed by atoms with Gasteiger partial charge in [0.2, 0.25) is 5.95 Å². The molecule has 2 aromatic heterocycles. The van der Waals surface area contributed by atoms with Crippen LogP contribution in [0, 0.1) is 0 Å². The highest BCUT2D eigenvalue weighted by Crippen LogP contribution is 2.55. The lowest BCUT2D eigenvalue weighted by Crippen LogP contribution is -2.34. The molecule has 2 aromatic rings. The topological polar surface area (TPSA) is 193 Å². The van der Waals surface area contributed by atoms with E-state index in [0.29, 0.717) is 0 Å². The molecule has 13 heteroatoms. The van der Waals surface area contributed by atoms with Crippen LogP contribution in [0.2, 0.25) is 0 Å². The Bertz CT molecular complexity index is 973. The van der Waals surface area contributed by atoms with Crippen molar-refractivity contribution in [1.82, 2.24) is 14.5 Å². The smallest absolute Gasteiger partial charge is 0.359 e. The van der Waals surface area contributed by atoms with E-state index in [9.17, 15) is 29.6 Å². The van der Waals surface area contributed by atoms with E-state index in [4.69, 9.17) is 15.0 Å². The average molecular weight is 418 g/mol. The van der Waals surface area contributed by atoms with Crippen LogP contribution in [0.5, 0.6) is 0 Å². The van der Waals surface area contributed by atoms with Gasteiger partial charge >= 0.3 is 7.60 Å². The fourth-order valence-corrected chi connectivity index (χ4v) is 3.90. The first-order valence-electron chi connectivity index (χ1n) is 8.56. The molecule has 0 saturated carbocycles. The minimum absolute atomic E-state index is 0.0307. The summed E-state index contributed by atoms with van der Waals surface area (Å²) in [6.07, 6.45) is -3.78. The average Bonchev–Trinajstić information content (AvgIpc) is 3.15. The third kappa shape index (κ3) is 3.48. The molecular weight excluding hydrogens is 395 g/mol. The normalized spacial score (nSPS) is 29.6. The quantitative estimate of drug-likeness (QED) is 0.325. The van der Waals surface area contributed by atoms with Crippen molar-refractivity contribution >= 4 is 24.6 Å². The highest BCUT2D eigenvalue weighted by atomic mass is 31.2. The van der Waals surface area contributed by atoms with E-state index in [2.05, 4.69) is 9.97 Å². The second-order valence-electron chi connectivity index (χ2n) is 6.84. The summed E-state index contributed by atoms with van der Waals surface area (Å²) in [4.78, 5) is 28.2. The number of nitrogens with two attached hydrogens (primary N) is 1. The number of H-pyrrole nitrogens is 1. The van der Waals surface area contributed by atoms with Crippen LogP contribution in [0.3, 0.4) is 0 Å². The van der Waals surface area contributed by atoms with Gasteiger partial charge in [0, 0.05) is 6.20 Å². The molecule has 3 heterocycles. The number of ether oxygens (including phenoxy) is 1. The van der Waals surface area contributed by atoms with Crippen molar-refractivity contribution in [2.75, 3.05) is 12.3 Å². The number of fused-ring (bicyclic) bond motifs is 1. The largest absolute Gasteiger partial charge is 0.387 e. The maximum Gasteiger partial charge on any atom is 0.359 e. The zero-order valence-corrected chi connectivity index (χ0v) is 16.1. The standard InChI is InChI=1S/C15H23N4O8P/c1-3-15(2,23)28(24,25)26-6-8-9(20)10(21)13(27-8)19-5-4-7-11(19)17-14(16)18-12(7)22/h4-5,8-10,13,20-21,23H,3,6H2,1-2H3,(H,24,25)(H3,16,17,18,22)/t8-,9-,10-,13-,15?/m1/s1. The van der Waals surface area contributed by atoms with Gasteiger partial charge in [-0.05, 0) is 19.4 Å². The number of aromatic nitrogens is 3. The van der Waals surface area contributed by atoms with Gasteiger partial charge in [-0.1, -0.05) is 6.92 Å². The Balaban J connectivity index is 1.82. The van der Waals surface area contributed by atoms with Crippen molar-refractivity contribution in [2.45, 2.75) is 50.2 Å². The zero-order valence-electron chi connectivity index (χ0n) is 15.2. The zero-order chi connectivity index (χ0) is 20.9. The number of hydrogen-bond acceptors (Lipinski definition) is 9. The summed E-state index contributed by atoms with van der Waals surface area (Å²) in [6, 6.07) is 1.45. The molecule has 1 saturated heterocycles. The molecule has 0 bridgehead atoms. The van der Waals surface area contributed by atoms with Gasteiger partial charge in [0.05, 0.1) is 12.0 Å². The van der Waals surface area contributed by atoms with Crippen LogP contribution in [0.4, 0.5) is 5.95 Å². The van der Waals surface area contributed by atoms with Gasteiger partial charge in [-0.15, -0.1) is 0 Å². The molecule has 28 heavy (non-hydrogen) atoms. The lowest BCUT2D eigenvalue weighted by atomic mass is 10.1. The third-order valence-corrected chi connectivity index (χ3v) is 6.94. The predicted octanol–water partition coefficient (Wildman–Crippen LogP) is -0.754. The summed E-state index contributed by atoms with van der Waals surface area (Å²) >= 11 is 0. The molecule has 1 aliphatic rings. The first kappa shape index (κ1) is 20.9. The van der Waals surface area contributed by atoms with E-state index in [0.717, 1.165) is 6.92 Å². The molecular formula is C15H23N4O8P. The summed E-state index contributed by atoms with van der Waals surface area (Å²) in [5.41, 5.74) is 5.22. The van der Waals surface area contributed by atoms with E-state index < -0.39 is 49.6 Å². The lowest BCUT2D eigenvalue weighted by molar-refractivity contribution is -0.0506. The fraction of sp³-hybridized carbons (Fsp3) is 0.600. The molecule has 3 rings (SSSR count). The number of aromatic amines is 1. The first-order chi connectivity index (χ1) is 13.0.